The number of nitrogens with zero attached hydrogens (tertiary/aromatic N) is 6. The van der Waals surface area contributed by atoms with Gasteiger partial charge in [-0.3, -0.25) is 5.41 Å². The van der Waals surface area contributed by atoms with Crippen molar-refractivity contribution in [3.05, 3.63) is 29.7 Å². The van der Waals surface area contributed by atoms with Crippen LogP contribution in [0.4, 0.5) is 36.3 Å². The van der Waals surface area contributed by atoms with Gasteiger partial charge >= 0.3 is 6.18 Å². The average Bonchev–Trinajstić information content (AvgIpc) is 3.50. The number of nitrogens with one attached hydrogen (secondary N) is 2. The van der Waals surface area contributed by atoms with E-state index >= 15 is 0 Å². The lowest BCUT2D eigenvalue weighted by Crippen LogP contribution is -2.45. The molecule has 3 atom stereocenters. The molecule has 0 saturated carbocycles. The van der Waals surface area contributed by atoms with Crippen LogP contribution in [-0.4, -0.2) is 83.5 Å². The summed E-state index contributed by atoms with van der Waals surface area (Å²) in [7, 11) is 1.77. The molecule has 0 unspecified atom stereocenters. The number of anilines is 4. The molecule has 10 nitrogen and oxygen atoms in total. The number of alkyl halides is 3. The van der Waals surface area contributed by atoms with E-state index in [2.05, 4.69) is 47.8 Å². The summed E-state index contributed by atoms with van der Waals surface area (Å²) in [5.41, 5.74) is 1.52. The third kappa shape index (κ3) is 5.48. The van der Waals surface area contributed by atoms with Gasteiger partial charge in [0.05, 0.1) is 24.1 Å². The molecule has 0 amide bonds. The Labute approximate surface area is 232 Å². The SMILES string of the molecule is CNc1nc(COC(=N)N2CCC[C@@H]2C(F)(F)F)nc2c1C(C)(C)CN2c1ccc(N2C[C@@H](C)O[C@@H](C)C2)nc1. The number of hydrogen-bond acceptors (Lipinski definition) is 9. The van der Waals surface area contributed by atoms with E-state index < -0.39 is 18.2 Å². The Balaban J connectivity index is 1.37. The maximum Gasteiger partial charge on any atom is 0.408 e. The van der Waals surface area contributed by atoms with Crippen LogP contribution in [0.15, 0.2) is 18.3 Å². The Morgan fingerprint density at radius 3 is 2.55 bits per heavy atom. The topological polar surface area (TPSA) is 103 Å². The van der Waals surface area contributed by atoms with Gasteiger partial charge in [0, 0.05) is 44.2 Å². The second-order valence-electron chi connectivity index (χ2n) is 11.4. The number of likely N-dealkylation sites (tertiary alicyclic amines) is 1. The van der Waals surface area contributed by atoms with E-state index in [9.17, 15) is 13.2 Å². The number of aromatic nitrogens is 3. The van der Waals surface area contributed by atoms with Crippen molar-refractivity contribution in [2.24, 2.45) is 0 Å². The summed E-state index contributed by atoms with van der Waals surface area (Å²) in [4.78, 5) is 19.4. The van der Waals surface area contributed by atoms with Gasteiger partial charge in [0.15, 0.2) is 12.4 Å². The molecule has 0 aromatic carbocycles. The zero-order valence-electron chi connectivity index (χ0n) is 23.5. The molecule has 0 aliphatic carbocycles. The molecule has 13 heteroatoms. The highest BCUT2D eigenvalue weighted by molar-refractivity contribution is 5.75. The lowest BCUT2D eigenvalue weighted by atomic mass is 9.88. The predicted octanol–water partition coefficient (Wildman–Crippen LogP) is 4.43. The highest BCUT2D eigenvalue weighted by atomic mass is 19.4. The van der Waals surface area contributed by atoms with Crippen LogP contribution in [0.1, 0.15) is 51.9 Å². The monoisotopic (exact) mass is 562 g/mol. The van der Waals surface area contributed by atoms with Crippen molar-refractivity contribution < 1.29 is 22.6 Å². The number of amidine groups is 1. The third-order valence-corrected chi connectivity index (χ3v) is 7.68. The minimum atomic E-state index is -4.41. The van der Waals surface area contributed by atoms with Gasteiger partial charge in [-0.15, -0.1) is 0 Å². The fourth-order valence-electron chi connectivity index (χ4n) is 5.98. The highest BCUT2D eigenvalue weighted by Crippen LogP contribution is 2.46. The molecule has 3 aliphatic rings. The lowest BCUT2D eigenvalue weighted by Gasteiger charge is -2.36. The Morgan fingerprint density at radius 2 is 1.93 bits per heavy atom. The van der Waals surface area contributed by atoms with E-state index in [1.54, 1.807) is 7.05 Å². The van der Waals surface area contributed by atoms with Gasteiger partial charge in [-0.05, 0) is 38.8 Å². The Bertz CT molecular complexity index is 1230. The summed E-state index contributed by atoms with van der Waals surface area (Å²) >= 11 is 0. The van der Waals surface area contributed by atoms with Crippen molar-refractivity contribution >= 4 is 29.2 Å². The lowest BCUT2D eigenvalue weighted by molar-refractivity contribution is -0.169. The molecule has 2 N–H and O–H groups in total. The van der Waals surface area contributed by atoms with E-state index in [1.807, 2.05) is 18.3 Å². The molecule has 2 saturated heterocycles. The molecule has 218 valence electrons. The average molecular weight is 563 g/mol. The van der Waals surface area contributed by atoms with E-state index in [4.69, 9.17) is 24.9 Å². The first-order valence-electron chi connectivity index (χ1n) is 13.6. The number of halogens is 3. The summed E-state index contributed by atoms with van der Waals surface area (Å²) in [6.07, 6.45) is -2.02. The number of hydrogen-bond donors (Lipinski definition) is 2. The first kappa shape index (κ1) is 28.2. The summed E-state index contributed by atoms with van der Waals surface area (Å²) in [5.74, 6) is 2.47. The molecule has 2 aromatic rings. The number of fused-ring (bicyclic) bond motifs is 1. The summed E-state index contributed by atoms with van der Waals surface area (Å²) in [5, 5.41) is 11.3. The predicted molar refractivity (Wildman–Crippen MR) is 146 cm³/mol. The maximum absolute atomic E-state index is 13.4. The van der Waals surface area contributed by atoms with Crippen molar-refractivity contribution in [3.8, 4) is 0 Å². The molecule has 40 heavy (non-hydrogen) atoms. The smallest absolute Gasteiger partial charge is 0.408 e. The highest BCUT2D eigenvalue weighted by Gasteiger charge is 2.47. The Morgan fingerprint density at radius 1 is 1.20 bits per heavy atom. The normalized spacial score (nSPS) is 24.3. The minimum absolute atomic E-state index is 0.0467. The maximum atomic E-state index is 13.4. The van der Waals surface area contributed by atoms with E-state index in [0.29, 0.717) is 24.6 Å². The second kappa shape index (κ2) is 10.6. The molecule has 0 spiro atoms. The fraction of sp³-hybridized carbons (Fsp3) is 0.630. The van der Waals surface area contributed by atoms with Crippen LogP contribution >= 0.6 is 0 Å². The van der Waals surface area contributed by atoms with Crippen LogP contribution in [0.2, 0.25) is 0 Å². The van der Waals surface area contributed by atoms with Crippen molar-refractivity contribution in [1.29, 1.82) is 5.41 Å². The molecule has 5 rings (SSSR count). The van der Waals surface area contributed by atoms with Gasteiger partial charge in [0.25, 0.3) is 6.02 Å². The third-order valence-electron chi connectivity index (χ3n) is 7.68. The van der Waals surface area contributed by atoms with Gasteiger partial charge < -0.3 is 29.5 Å². The summed E-state index contributed by atoms with van der Waals surface area (Å²) < 4.78 is 51.5. The van der Waals surface area contributed by atoms with Crippen molar-refractivity contribution in [2.75, 3.05) is 48.3 Å². The first-order valence-corrected chi connectivity index (χ1v) is 13.6. The quantitative estimate of drug-likeness (QED) is 0.405. The largest absolute Gasteiger partial charge is 0.457 e. The number of morpholine rings is 1. The van der Waals surface area contributed by atoms with Crippen molar-refractivity contribution in [1.82, 2.24) is 19.9 Å². The van der Waals surface area contributed by atoms with Crippen LogP contribution in [0, 0.1) is 5.41 Å². The first-order chi connectivity index (χ1) is 18.9. The van der Waals surface area contributed by atoms with Gasteiger partial charge in [-0.1, -0.05) is 13.8 Å². The van der Waals surface area contributed by atoms with Crippen molar-refractivity contribution in [3.63, 3.8) is 0 Å². The van der Waals surface area contributed by atoms with Crippen LogP contribution in [0.5, 0.6) is 0 Å². The zero-order chi connectivity index (χ0) is 28.8. The van der Waals surface area contributed by atoms with Gasteiger partial charge in [0.2, 0.25) is 0 Å². The van der Waals surface area contributed by atoms with E-state index in [0.717, 1.165) is 35.1 Å². The van der Waals surface area contributed by atoms with Crippen LogP contribution < -0.4 is 15.1 Å². The van der Waals surface area contributed by atoms with Crippen LogP contribution in [-0.2, 0) is 21.5 Å². The standard InChI is InChI=1S/C27H37F3N8O2/c1-16-12-36(13-17(2)40-16)21-9-8-18(11-33-21)38-15-26(3,4)22-23(32-5)34-20(35-24(22)38)14-39-25(31)37-10-6-7-19(37)27(28,29)30/h8-9,11,16-17,19,31H,6-7,10,12-15H2,1-5H3,(H,32,34,35)/t16-,17+,19-/m1/s1. The molecule has 3 aliphatic heterocycles. The second-order valence-corrected chi connectivity index (χ2v) is 11.4. The molecular formula is C27H37F3N8O2. The number of pyridine rings is 1. The van der Waals surface area contributed by atoms with Crippen LogP contribution in [0.25, 0.3) is 0 Å². The van der Waals surface area contributed by atoms with E-state index in [-0.39, 0.29) is 43.0 Å². The zero-order valence-corrected chi connectivity index (χ0v) is 23.5. The van der Waals surface area contributed by atoms with Gasteiger partial charge in [-0.2, -0.15) is 13.2 Å². The Kier molecular flexibility index (Phi) is 7.45. The van der Waals surface area contributed by atoms with Crippen LogP contribution in [0.3, 0.4) is 0 Å². The molecule has 0 radical (unpaired) electrons. The number of rotatable bonds is 5. The van der Waals surface area contributed by atoms with E-state index in [1.165, 1.54) is 0 Å². The number of ether oxygens (including phenoxy) is 2. The Hall–Kier alpha value is -3.35. The van der Waals surface area contributed by atoms with Gasteiger partial charge in [-0.25, -0.2) is 15.0 Å². The van der Waals surface area contributed by atoms with Crippen molar-refractivity contribution in [2.45, 2.75) is 77.0 Å². The minimum Gasteiger partial charge on any atom is -0.457 e. The molecule has 2 aromatic heterocycles. The summed E-state index contributed by atoms with van der Waals surface area (Å²) in [6, 6.07) is 1.81. The summed E-state index contributed by atoms with van der Waals surface area (Å²) in [6.45, 7) is 10.4. The molecular weight excluding hydrogens is 525 g/mol. The molecule has 5 heterocycles. The van der Waals surface area contributed by atoms with Gasteiger partial charge in [0.1, 0.15) is 23.5 Å². The molecule has 2 fully saturated rings. The molecule has 0 bridgehead atoms. The fourth-order valence-corrected chi connectivity index (χ4v) is 5.98.